The number of nitrogens with zero attached hydrogens (tertiary/aromatic N) is 1. The maximum Gasteiger partial charge on any atom is 0.277 e. The van der Waals surface area contributed by atoms with Crippen molar-refractivity contribution in [2.45, 2.75) is 38.3 Å². The minimum absolute atomic E-state index is 0.263. The molecule has 0 aromatic rings. The van der Waals surface area contributed by atoms with E-state index in [1.807, 2.05) is 0 Å². The summed E-state index contributed by atoms with van der Waals surface area (Å²) in [5.74, 6) is 0. The van der Waals surface area contributed by atoms with Crippen LogP contribution in [-0.2, 0) is 10.2 Å². The van der Waals surface area contributed by atoms with Crippen LogP contribution in [0.15, 0.2) is 0 Å². The van der Waals surface area contributed by atoms with Gasteiger partial charge in [0.25, 0.3) is 10.2 Å². The van der Waals surface area contributed by atoms with Gasteiger partial charge in [0.1, 0.15) is 0 Å². The lowest BCUT2D eigenvalue weighted by molar-refractivity contribution is 0.118. The third kappa shape index (κ3) is 2.33. The average Bonchev–Trinajstić information content (AvgIpc) is 2.42. The lowest BCUT2D eigenvalue weighted by Crippen LogP contribution is -2.57. The van der Waals surface area contributed by atoms with E-state index in [4.69, 9.17) is 0 Å². The van der Waals surface area contributed by atoms with E-state index < -0.39 is 10.2 Å². The average molecular weight is 233 g/mol. The first kappa shape index (κ1) is 11.3. The number of hydrogen-bond acceptors (Lipinski definition) is 3. The summed E-state index contributed by atoms with van der Waals surface area (Å²) in [5, 5.41) is 0. The zero-order valence-corrected chi connectivity index (χ0v) is 10.1. The Labute approximate surface area is 91.4 Å². The van der Waals surface area contributed by atoms with Crippen molar-refractivity contribution in [2.24, 2.45) is 0 Å². The van der Waals surface area contributed by atoms with Crippen molar-refractivity contribution >= 4 is 10.2 Å². The molecule has 0 aliphatic carbocycles. The lowest BCUT2D eigenvalue weighted by atomic mass is 9.89. The van der Waals surface area contributed by atoms with Crippen molar-refractivity contribution in [3.05, 3.63) is 0 Å². The second kappa shape index (κ2) is 3.69. The van der Waals surface area contributed by atoms with Gasteiger partial charge in [-0.3, -0.25) is 4.90 Å². The second-order valence-corrected chi connectivity index (χ2v) is 6.37. The molecule has 1 unspecified atom stereocenters. The minimum Gasteiger partial charge on any atom is -0.299 e. The van der Waals surface area contributed by atoms with Gasteiger partial charge in [-0.1, -0.05) is 0 Å². The Hall–Kier alpha value is -0.170. The first-order valence-electron chi connectivity index (χ1n) is 5.45. The van der Waals surface area contributed by atoms with Crippen molar-refractivity contribution in [2.75, 3.05) is 19.6 Å². The SMILES string of the molecule is CC(C)N1CCCC2(CNS(=O)(=O)N2)C1. The van der Waals surface area contributed by atoms with E-state index in [-0.39, 0.29) is 5.54 Å². The zero-order chi connectivity index (χ0) is 11.1. The molecule has 88 valence electrons. The molecule has 0 radical (unpaired) electrons. The van der Waals surface area contributed by atoms with E-state index in [0.29, 0.717) is 12.6 Å². The summed E-state index contributed by atoms with van der Waals surface area (Å²) in [6.07, 6.45) is 1.99. The summed E-state index contributed by atoms with van der Waals surface area (Å²) in [5.41, 5.74) is -0.263. The minimum atomic E-state index is -3.23. The Morgan fingerprint density at radius 1 is 1.40 bits per heavy atom. The second-order valence-electron chi connectivity index (χ2n) is 4.87. The highest BCUT2D eigenvalue weighted by molar-refractivity contribution is 7.87. The van der Waals surface area contributed by atoms with Crippen molar-refractivity contribution in [3.8, 4) is 0 Å². The molecule has 6 heteroatoms. The van der Waals surface area contributed by atoms with E-state index in [1.54, 1.807) is 0 Å². The van der Waals surface area contributed by atoms with Crippen molar-refractivity contribution in [3.63, 3.8) is 0 Å². The zero-order valence-electron chi connectivity index (χ0n) is 9.28. The van der Waals surface area contributed by atoms with Crippen LogP contribution in [0.5, 0.6) is 0 Å². The molecule has 0 amide bonds. The summed E-state index contributed by atoms with van der Waals surface area (Å²) in [7, 11) is -3.23. The van der Waals surface area contributed by atoms with Crippen molar-refractivity contribution in [1.82, 2.24) is 14.3 Å². The Morgan fingerprint density at radius 3 is 2.67 bits per heavy atom. The highest BCUT2D eigenvalue weighted by Gasteiger charge is 2.44. The summed E-state index contributed by atoms with van der Waals surface area (Å²) in [6, 6.07) is 0.479. The third-order valence-electron chi connectivity index (χ3n) is 3.29. The Balaban J connectivity index is 2.10. The van der Waals surface area contributed by atoms with E-state index in [9.17, 15) is 8.42 Å². The molecule has 0 aromatic carbocycles. The topological polar surface area (TPSA) is 61.4 Å². The monoisotopic (exact) mass is 233 g/mol. The normalized spacial score (nSPS) is 36.5. The van der Waals surface area contributed by atoms with Gasteiger partial charge in [0.05, 0.1) is 5.54 Å². The van der Waals surface area contributed by atoms with Crippen molar-refractivity contribution < 1.29 is 8.42 Å². The van der Waals surface area contributed by atoms with E-state index >= 15 is 0 Å². The molecule has 2 N–H and O–H groups in total. The van der Waals surface area contributed by atoms with Gasteiger partial charge in [-0.05, 0) is 33.2 Å². The van der Waals surface area contributed by atoms with Crippen molar-refractivity contribution in [1.29, 1.82) is 0 Å². The molecule has 2 aliphatic rings. The molecule has 0 aromatic heterocycles. The molecule has 1 spiro atoms. The van der Waals surface area contributed by atoms with E-state index in [1.165, 1.54) is 0 Å². The molecule has 0 bridgehead atoms. The van der Waals surface area contributed by atoms with Crippen LogP contribution >= 0.6 is 0 Å². The molecule has 15 heavy (non-hydrogen) atoms. The fourth-order valence-electron chi connectivity index (χ4n) is 2.43. The fraction of sp³-hybridized carbons (Fsp3) is 1.00. The van der Waals surface area contributed by atoms with Crippen LogP contribution in [0.3, 0.4) is 0 Å². The van der Waals surface area contributed by atoms with Gasteiger partial charge in [-0.25, -0.2) is 4.72 Å². The molecule has 2 fully saturated rings. The summed E-state index contributed by atoms with van der Waals surface area (Å²) in [4.78, 5) is 2.33. The van der Waals surface area contributed by atoms with Crippen LogP contribution in [0.1, 0.15) is 26.7 Å². The number of nitrogens with one attached hydrogen (secondary N) is 2. The largest absolute Gasteiger partial charge is 0.299 e. The fourth-order valence-corrected chi connectivity index (χ4v) is 3.77. The van der Waals surface area contributed by atoms with Gasteiger partial charge in [-0.2, -0.15) is 13.1 Å². The predicted molar refractivity (Wildman–Crippen MR) is 58.7 cm³/mol. The first-order valence-corrected chi connectivity index (χ1v) is 6.93. The van der Waals surface area contributed by atoms with Crippen LogP contribution in [-0.4, -0.2) is 44.5 Å². The lowest BCUT2D eigenvalue weighted by Gasteiger charge is -2.41. The number of piperidine rings is 1. The highest BCUT2D eigenvalue weighted by Crippen LogP contribution is 2.25. The summed E-state index contributed by atoms with van der Waals surface area (Å²) < 4.78 is 28.0. The smallest absolute Gasteiger partial charge is 0.277 e. The number of rotatable bonds is 1. The molecule has 1 atom stereocenters. The van der Waals surface area contributed by atoms with Gasteiger partial charge in [0.15, 0.2) is 0 Å². The van der Waals surface area contributed by atoms with Crippen LogP contribution in [0.25, 0.3) is 0 Å². The highest BCUT2D eigenvalue weighted by atomic mass is 32.2. The maximum atomic E-state index is 11.3. The molecule has 2 rings (SSSR count). The van der Waals surface area contributed by atoms with Crippen LogP contribution in [0.2, 0.25) is 0 Å². The van der Waals surface area contributed by atoms with E-state index in [0.717, 1.165) is 25.9 Å². The standard InChI is InChI=1S/C9H19N3O2S/c1-8(2)12-5-3-4-9(7-12)6-10-15(13,14)11-9/h8,10-11H,3-7H2,1-2H3. The van der Waals surface area contributed by atoms with Gasteiger partial charge in [-0.15, -0.1) is 0 Å². The van der Waals surface area contributed by atoms with Gasteiger partial charge < -0.3 is 0 Å². The molecule has 0 saturated carbocycles. The van der Waals surface area contributed by atoms with E-state index in [2.05, 4.69) is 28.2 Å². The van der Waals surface area contributed by atoms with Crippen LogP contribution in [0, 0.1) is 0 Å². The van der Waals surface area contributed by atoms with Gasteiger partial charge >= 0.3 is 0 Å². The van der Waals surface area contributed by atoms with Crippen LogP contribution < -0.4 is 9.44 Å². The first-order chi connectivity index (χ1) is 6.93. The molecule has 2 heterocycles. The molecular formula is C9H19N3O2S. The Kier molecular flexibility index (Phi) is 2.79. The molecule has 2 saturated heterocycles. The van der Waals surface area contributed by atoms with Gasteiger partial charge in [0, 0.05) is 19.1 Å². The quantitative estimate of drug-likeness (QED) is 0.652. The Bertz CT molecular complexity index is 341. The maximum absolute atomic E-state index is 11.3. The van der Waals surface area contributed by atoms with Crippen LogP contribution in [0.4, 0.5) is 0 Å². The predicted octanol–water partition coefficient (Wildman–Crippen LogP) is -0.333. The third-order valence-corrected chi connectivity index (χ3v) is 4.51. The molecular weight excluding hydrogens is 214 g/mol. The Morgan fingerprint density at radius 2 is 2.13 bits per heavy atom. The summed E-state index contributed by atoms with van der Waals surface area (Å²) >= 11 is 0. The summed E-state index contributed by atoms with van der Waals surface area (Å²) in [6.45, 7) is 6.71. The number of likely N-dealkylation sites (tertiary alicyclic amines) is 1. The molecule has 5 nitrogen and oxygen atoms in total. The number of hydrogen-bond donors (Lipinski definition) is 2. The van der Waals surface area contributed by atoms with Gasteiger partial charge in [0.2, 0.25) is 0 Å². The molecule has 2 aliphatic heterocycles.